The molecule has 1 aromatic heterocycles. The molecule has 0 aliphatic rings. The van der Waals surface area contributed by atoms with Crippen LogP contribution in [0.1, 0.15) is 5.69 Å². The zero-order valence-electron chi connectivity index (χ0n) is 11.4. The number of anilines is 1. The summed E-state index contributed by atoms with van der Waals surface area (Å²) in [4.78, 5) is 18.5. The van der Waals surface area contributed by atoms with E-state index in [1.165, 1.54) is 23.9 Å². The summed E-state index contributed by atoms with van der Waals surface area (Å²) in [6.45, 7) is 2.24. The lowest BCUT2D eigenvalue weighted by atomic mass is 10.3. The van der Waals surface area contributed by atoms with Crippen molar-refractivity contribution in [3.63, 3.8) is 0 Å². The van der Waals surface area contributed by atoms with E-state index in [4.69, 9.17) is 10.5 Å². The Bertz CT molecular complexity index is 631. The molecular formula is C13H14N4O3S. The van der Waals surface area contributed by atoms with Gasteiger partial charge in [-0.05, 0) is 13.0 Å². The van der Waals surface area contributed by atoms with Crippen molar-refractivity contribution in [2.24, 2.45) is 0 Å². The molecule has 0 bridgehead atoms. The number of nitrogen functional groups attached to an aromatic ring is 1. The monoisotopic (exact) mass is 306 g/mol. The molecule has 0 spiro atoms. The highest BCUT2D eigenvalue weighted by Crippen LogP contribution is 2.20. The average Bonchev–Trinajstić information content (AvgIpc) is 2.43. The number of nitrogens with two attached hydrogens (primary N) is 1. The predicted molar refractivity (Wildman–Crippen MR) is 80.5 cm³/mol. The fourth-order valence-corrected chi connectivity index (χ4v) is 2.34. The lowest BCUT2D eigenvalue weighted by Crippen LogP contribution is -2.02. The molecular weight excluding hydrogens is 292 g/mol. The number of benzene rings is 1. The number of ether oxygens (including phenoxy) is 1. The van der Waals surface area contributed by atoms with Crippen LogP contribution in [0.4, 0.5) is 11.5 Å². The van der Waals surface area contributed by atoms with E-state index < -0.39 is 4.92 Å². The molecule has 2 aromatic rings. The summed E-state index contributed by atoms with van der Waals surface area (Å²) in [5.74, 6) is 1.52. The number of nitro benzene ring substituents is 1. The number of rotatable bonds is 6. The van der Waals surface area contributed by atoms with Crippen LogP contribution in [-0.2, 0) is 0 Å². The highest BCUT2D eigenvalue weighted by atomic mass is 32.2. The molecule has 110 valence electrons. The normalized spacial score (nSPS) is 10.3. The van der Waals surface area contributed by atoms with Gasteiger partial charge in [0.1, 0.15) is 11.6 Å². The molecule has 0 aliphatic heterocycles. The Hall–Kier alpha value is -2.35. The maximum Gasteiger partial charge on any atom is 0.273 e. The van der Waals surface area contributed by atoms with E-state index in [1.54, 1.807) is 18.2 Å². The Morgan fingerprint density at radius 1 is 1.38 bits per heavy atom. The van der Waals surface area contributed by atoms with Gasteiger partial charge >= 0.3 is 0 Å². The van der Waals surface area contributed by atoms with Crippen molar-refractivity contribution >= 4 is 23.3 Å². The van der Waals surface area contributed by atoms with Crippen LogP contribution in [0.3, 0.4) is 0 Å². The Balaban J connectivity index is 1.84. The summed E-state index contributed by atoms with van der Waals surface area (Å²) in [5.41, 5.74) is 6.46. The van der Waals surface area contributed by atoms with Crippen molar-refractivity contribution in [2.45, 2.75) is 12.1 Å². The van der Waals surface area contributed by atoms with Crippen LogP contribution < -0.4 is 10.5 Å². The lowest BCUT2D eigenvalue weighted by Gasteiger charge is -2.06. The summed E-state index contributed by atoms with van der Waals surface area (Å²) < 4.78 is 5.47. The first kappa shape index (κ1) is 15.0. The largest absolute Gasteiger partial charge is 0.492 e. The summed E-state index contributed by atoms with van der Waals surface area (Å²) in [7, 11) is 0. The van der Waals surface area contributed by atoms with Crippen molar-refractivity contribution in [3.8, 4) is 5.75 Å². The second-order valence-corrected chi connectivity index (χ2v) is 5.23. The van der Waals surface area contributed by atoms with E-state index in [2.05, 4.69) is 9.97 Å². The third-order valence-corrected chi connectivity index (χ3v) is 3.28. The lowest BCUT2D eigenvalue weighted by molar-refractivity contribution is -0.384. The van der Waals surface area contributed by atoms with Crippen LogP contribution in [0, 0.1) is 17.0 Å². The minimum absolute atomic E-state index is 0.00921. The number of hydrogen-bond donors (Lipinski definition) is 1. The average molecular weight is 306 g/mol. The molecule has 0 amide bonds. The molecule has 1 aromatic carbocycles. The molecule has 1 heterocycles. The minimum atomic E-state index is -0.453. The van der Waals surface area contributed by atoms with E-state index in [1.807, 2.05) is 6.92 Å². The molecule has 8 heteroatoms. The van der Waals surface area contributed by atoms with Crippen LogP contribution in [0.15, 0.2) is 35.5 Å². The van der Waals surface area contributed by atoms with Crippen LogP contribution in [-0.4, -0.2) is 27.3 Å². The quantitative estimate of drug-likeness (QED) is 0.287. The topological polar surface area (TPSA) is 104 Å². The number of aromatic nitrogens is 2. The second kappa shape index (κ2) is 6.89. The van der Waals surface area contributed by atoms with Gasteiger partial charge in [-0.15, -0.1) is 0 Å². The van der Waals surface area contributed by atoms with Gasteiger partial charge in [-0.25, -0.2) is 9.97 Å². The van der Waals surface area contributed by atoms with Gasteiger partial charge in [0, 0.05) is 23.6 Å². The third-order valence-electron chi connectivity index (χ3n) is 2.47. The summed E-state index contributed by atoms with van der Waals surface area (Å²) in [6.07, 6.45) is 0. The number of hydrogen-bond acceptors (Lipinski definition) is 7. The van der Waals surface area contributed by atoms with E-state index in [0.717, 1.165) is 5.69 Å². The number of nitrogens with zero attached hydrogens (tertiary/aromatic N) is 3. The molecule has 2 N–H and O–H groups in total. The first-order valence-electron chi connectivity index (χ1n) is 6.16. The van der Waals surface area contributed by atoms with Crippen LogP contribution in [0.5, 0.6) is 5.75 Å². The fourth-order valence-electron chi connectivity index (χ4n) is 1.61. The predicted octanol–water partition coefficient (Wildman–Crippen LogP) is 2.45. The second-order valence-electron chi connectivity index (χ2n) is 4.17. The van der Waals surface area contributed by atoms with E-state index >= 15 is 0 Å². The zero-order chi connectivity index (χ0) is 15.2. The Morgan fingerprint density at radius 3 is 2.90 bits per heavy atom. The van der Waals surface area contributed by atoms with Crippen LogP contribution in [0.25, 0.3) is 0 Å². The maximum absolute atomic E-state index is 10.6. The molecule has 0 atom stereocenters. The zero-order valence-corrected chi connectivity index (χ0v) is 12.2. The Labute approximate surface area is 125 Å². The number of non-ortho nitro benzene ring substituents is 1. The van der Waals surface area contributed by atoms with Crippen LogP contribution >= 0.6 is 11.8 Å². The third kappa shape index (κ3) is 4.60. The minimum Gasteiger partial charge on any atom is -0.492 e. The van der Waals surface area contributed by atoms with E-state index in [0.29, 0.717) is 29.1 Å². The van der Waals surface area contributed by atoms with Gasteiger partial charge in [-0.2, -0.15) is 0 Å². The number of nitro groups is 1. The molecule has 2 rings (SSSR count). The standard InChI is InChI=1S/C13H14N4O3S/c1-9-7-12(14)16-13(15-9)21-6-5-20-11-4-2-3-10(8-11)17(18)19/h2-4,7-8H,5-6H2,1H3,(H2,14,15,16). The molecule has 0 unspecified atom stereocenters. The maximum atomic E-state index is 10.6. The number of thioether (sulfide) groups is 1. The summed E-state index contributed by atoms with van der Waals surface area (Å²) in [5, 5.41) is 11.2. The number of aryl methyl sites for hydroxylation is 1. The molecule has 0 aliphatic carbocycles. The van der Waals surface area contributed by atoms with Crippen LogP contribution in [0.2, 0.25) is 0 Å². The SMILES string of the molecule is Cc1cc(N)nc(SCCOc2cccc([N+](=O)[O-])c2)n1. The summed E-state index contributed by atoms with van der Waals surface area (Å²) in [6, 6.07) is 7.78. The highest BCUT2D eigenvalue weighted by molar-refractivity contribution is 7.99. The molecule has 0 saturated carbocycles. The van der Waals surface area contributed by atoms with Crippen molar-refractivity contribution in [2.75, 3.05) is 18.1 Å². The molecule has 7 nitrogen and oxygen atoms in total. The van der Waals surface area contributed by atoms with Gasteiger partial charge in [0.2, 0.25) is 0 Å². The molecule has 0 saturated heterocycles. The van der Waals surface area contributed by atoms with Gasteiger partial charge in [-0.1, -0.05) is 17.8 Å². The van der Waals surface area contributed by atoms with Crippen molar-refractivity contribution in [1.82, 2.24) is 9.97 Å². The van der Waals surface area contributed by atoms with E-state index in [9.17, 15) is 10.1 Å². The van der Waals surface area contributed by atoms with Gasteiger partial charge in [0.05, 0.1) is 17.6 Å². The smallest absolute Gasteiger partial charge is 0.273 e. The van der Waals surface area contributed by atoms with Gasteiger partial charge in [0.15, 0.2) is 5.16 Å². The Morgan fingerprint density at radius 2 is 2.19 bits per heavy atom. The van der Waals surface area contributed by atoms with Crippen molar-refractivity contribution < 1.29 is 9.66 Å². The first-order chi connectivity index (χ1) is 10.0. The van der Waals surface area contributed by atoms with Gasteiger partial charge < -0.3 is 10.5 Å². The van der Waals surface area contributed by atoms with Gasteiger partial charge in [0.25, 0.3) is 5.69 Å². The Kier molecular flexibility index (Phi) is 4.94. The molecule has 0 radical (unpaired) electrons. The van der Waals surface area contributed by atoms with Crippen molar-refractivity contribution in [3.05, 3.63) is 46.1 Å². The summed E-state index contributed by atoms with van der Waals surface area (Å²) >= 11 is 1.42. The van der Waals surface area contributed by atoms with Crippen molar-refractivity contribution in [1.29, 1.82) is 0 Å². The van der Waals surface area contributed by atoms with E-state index in [-0.39, 0.29) is 5.69 Å². The first-order valence-corrected chi connectivity index (χ1v) is 7.14. The van der Waals surface area contributed by atoms with Gasteiger partial charge in [-0.3, -0.25) is 10.1 Å². The fraction of sp³-hybridized carbons (Fsp3) is 0.231. The molecule has 21 heavy (non-hydrogen) atoms. The molecule has 0 fully saturated rings. The highest BCUT2D eigenvalue weighted by Gasteiger charge is 2.06.